The second-order valence-corrected chi connectivity index (χ2v) is 5.57. The van der Waals surface area contributed by atoms with Crippen molar-refractivity contribution in [2.24, 2.45) is 23.0 Å². The molecule has 0 unspecified atom stereocenters. The van der Waals surface area contributed by atoms with Crippen molar-refractivity contribution in [3.63, 3.8) is 0 Å². The Bertz CT molecular complexity index is 149. The van der Waals surface area contributed by atoms with Crippen molar-refractivity contribution in [1.82, 2.24) is 0 Å². The van der Waals surface area contributed by atoms with E-state index in [4.69, 9.17) is 5.73 Å². The van der Waals surface area contributed by atoms with Gasteiger partial charge in [-0.05, 0) is 36.5 Å². The van der Waals surface area contributed by atoms with Gasteiger partial charge in [0, 0.05) is 6.04 Å². The zero-order valence-corrected chi connectivity index (χ0v) is 8.93. The van der Waals surface area contributed by atoms with Crippen LogP contribution in [0.2, 0.25) is 0 Å². The van der Waals surface area contributed by atoms with Crippen molar-refractivity contribution in [2.45, 2.75) is 53.0 Å². The minimum atomic E-state index is 0.446. The standard InChI is InChI=1S/C11H23N/c1-8(2)9-5-10(12)7-11(3,4)6-9/h8-10H,5-7,12H2,1-4H3/t9-,10+/m0/s1. The van der Waals surface area contributed by atoms with Crippen LogP contribution in [0.25, 0.3) is 0 Å². The largest absolute Gasteiger partial charge is 0.328 e. The fourth-order valence-corrected chi connectivity index (χ4v) is 2.57. The molecule has 2 atom stereocenters. The van der Waals surface area contributed by atoms with Crippen LogP contribution in [-0.4, -0.2) is 6.04 Å². The van der Waals surface area contributed by atoms with Gasteiger partial charge in [0.1, 0.15) is 0 Å². The summed E-state index contributed by atoms with van der Waals surface area (Å²) in [5.41, 5.74) is 6.52. The molecule has 1 saturated carbocycles. The monoisotopic (exact) mass is 169 g/mol. The highest BCUT2D eigenvalue weighted by atomic mass is 14.7. The van der Waals surface area contributed by atoms with Crippen LogP contribution in [0, 0.1) is 17.3 Å². The molecule has 1 rings (SSSR count). The van der Waals surface area contributed by atoms with Crippen LogP contribution < -0.4 is 5.73 Å². The maximum Gasteiger partial charge on any atom is 0.00466 e. The van der Waals surface area contributed by atoms with Gasteiger partial charge in [0.15, 0.2) is 0 Å². The summed E-state index contributed by atoms with van der Waals surface area (Å²) in [4.78, 5) is 0. The highest BCUT2D eigenvalue weighted by Gasteiger charge is 2.33. The summed E-state index contributed by atoms with van der Waals surface area (Å²) in [6.45, 7) is 9.33. The first-order valence-electron chi connectivity index (χ1n) is 5.16. The average Bonchev–Trinajstić information content (AvgIpc) is 1.82. The molecule has 0 heterocycles. The lowest BCUT2D eigenvalue weighted by molar-refractivity contribution is 0.129. The van der Waals surface area contributed by atoms with Crippen molar-refractivity contribution in [2.75, 3.05) is 0 Å². The predicted octanol–water partition coefficient (Wildman–Crippen LogP) is 2.80. The Balaban J connectivity index is 2.58. The first kappa shape index (κ1) is 10.0. The Hall–Kier alpha value is -0.0400. The molecule has 0 aliphatic heterocycles. The maximum absolute atomic E-state index is 6.04. The Labute approximate surface area is 76.7 Å². The van der Waals surface area contributed by atoms with Crippen molar-refractivity contribution in [3.8, 4) is 0 Å². The molecule has 0 aromatic rings. The molecule has 2 N–H and O–H groups in total. The van der Waals surface area contributed by atoms with Gasteiger partial charge in [0.05, 0.1) is 0 Å². The van der Waals surface area contributed by atoms with Crippen LogP contribution in [0.1, 0.15) is 47.0 Å². The van der Waals surface area contributed by atoms with Crippen molar-refractivity contribution in [3.05, 3.63) is 0 Å². The normalized spacial score (nSPS) is 35.5. The van der Waals surface area contributed by atoms with Gasteiger partial charge in [-0.25, -0.2) is 0 Å². The van der Waals surface area contributed by atoms with Crippen LogP contribution >= 0.6 is 0 Å². The molecular weight excluding hydrogens is 146 g/mol. The van der Waals surface area contributed by atoms with Crippen LogP contribution in [0.4, 0.5) is 0 Å². The third kappa shape index (κ3) is 2.48. The molecule has 0 amide bonds. The zero-order chi connectivity index (χ0) is 9.35. The zero-order valence-electron chi connectivity index (χ0n) is 8.93. The highest BCUT2D eigenvalue weighted by molar-refractivity contribution is 4.87. The summed E-state index contributed by atoms with van der Waals surface area (Å²) in [7, 11) is 0. The number of nitrogens with two attached hydrogens (primary N) is 1. The SMILES string of the molecule is CC(C)[C@H]1C[C@@H](N)CC(C)(C)C1. The highest BCUT2D eigenvalue weighted by Crippen LogP contribution is 2.40. The van der Waals surface area contributed by atoms with Gasteiger partial charge in [0.25, 0.3) is 0 Å². The molecule has 0 aromatic carbocycles. The summed E-state index contributed by atoms with van der Waals surface area (Å²) < 4.78 is 0. The third-order valence-corrected chi connectivity index (χ3v) is 3.18. The quantitative estimate of drug-likeness (QED) is 0.642. The van der Waals surface area contributed by atoms with Crippen LogP contribution in [0.3, 0.4) is 0 Å². The van der Waals surface area contributed by atoms with Crippen LogP contribution in [0.5, 0.6) is 0 Å². The number of hydrogen-bond acceptors (Lipinski definition) is 1. The predicted molar refractivity (Wildman–Crippen MR) is 53.9 cm³/mol. The molecule has 1 nitrogen and oxygen atoms in total. The number of rotatable bonds is 1. The lowest BCUT2D eigenvalue weighted by Gasteiger charge is -2.40. The van der Waals surface area contributed by atoms with E-state index in [0.717, 1.165) is 11.8 Å². The van der Waals surface area contributed by atoms with Gasteiger partial charge in [-0.15, -0.1) is 0 Å². The molecule has 0 radical (unpaired) electrons. The molecule has 1 aliphatic carbocycles. The van der Waals surface area contributed by atoms with E-state index in [2.05, 4.69) is 27.7 Å². The molecule has 72 valence electrons. The van der Waals surface area contributed by atoms with E-state index >= 15 is 0 Å². The summed E-state index contributed by atoms with van der Waals surface area (Å²) >= 11 is 0. The third-order valence-electron chi connectivity index (χ3n) is 3.18. The van der Waals surface area contributed by atoms with Gasteiger partial charge < -0.3 is 5.73 Å². The van der Waals surface area contributed by atoms with Gasteiger partial charge in [-0.3, -0.25) is 0 Å². The summed E-state index contributed by atoms with van der Waals surface area (Å²) in [5, 5.41) is 0. The molecule has 0 aromatic heterocycles. The first-order chi connectivity index (χ1) is 5.41. The first-order valence-corrected chi connectivity index (χ1v) is 5.16. The number of hydrogen-bond donors (Lipinski definition) is 1. The molecule has 0 saturated heterocycles. The van der Waals surface area contributed by atoms with E-state index in [1.807, 2.05) is 0 Å². The Morgan fingerprint density at radius 3 is 2.25 bits per heavy atom. The van der Waals surface area contributed by atoms with Crippen LogP contribution in [-0.2, 0) is 0 Å². The maximum atomic E-state index is 6.04. The topological polar surface area (TPSA) is 26.0 Å². The van der Waals surface area contributed by atoms with Gasteiger partial charge in [-0.2, -0.15) is 0 Å². The Kier molecular flexibility index (Phi) is 2.82. The van der Waals surface area contributed by atoms with E-state index in [-0.39, 0.29) is 0 Å². The molecule has 1 heteroatoms. The molecule has 0 bridgehead atoms. The second kappa shape index (κ2) is 3.37. The Morgan fingerprint density at radius 2 is 1.83 bits per heavy atom. The van der Waals surface area contributed by atoms with Gasteiger partial charge in [-0.1, -0.05) is 27.7 Å². The van der Waals surface area contributed by atoms with Crippen molar-refractivity contribution >= 4 is 0 Å². The van der Waals surface area contributed by atoms with Crippen molar-refractivity contribution in [1.29, 1.82) is 0 Å². The fourth-order valence-electron chi connectivity index (χ4n) is 2.57. The van der Waals surface area contributed by atoms with E-state index in [1.54, 1.807) is 0 Å². The Morgan fingerprint density at radius 1 is 1.25 bits per heavy atom. The minimum absolute atomic E-state index is 0.446. The lowest BCUT2D eigenvalue weighted by atomic mass is 9.67. The summed E-state index contributed by atoms with van der Waals surface area (Å²) in [5.74, 6) is 1.65. The average molecular weight is 169 g/mol. The molecular formula is C11H23N. The van der Waals surface area contributed by atoms with E-state index in [1.165, 1.54) is 19.3 Å². The van der Waals surface area contributed by atoms with Gasteiger partial charge >= 0.3 is 0 Å². The molecule has 12 heavy (non-hydrogen) atoms. The minimum Gasteiger partial charge on any atom is -0.328 e. The van der Waals surface area contributed by atoms with Crippen LogP contribution in [0.15, 0.2) is 0 Å². The van der Waals surface area contributed by atoms with E-state index in [0.29, 0.717) is 11.5 Å². The van der Waals surface area contributed by atoms with E-state index < -0.39 is 0 Å². The summed E-state index contributed by atoms with van der Waals surface area (Å²) in [6.07, 6.45) is 3.80. The fraction of sp³-hybridized carbons (Fsp3) is 1.00. The smallest absolute Gasteiger partial charge is 0.00466 e. The second-order valence-electron chi connectivity index (χ2n) is 5.57. The molecule has 1 aliphatic rings. The van der Waals surface area contributed by atoms with E-state index in [9.17, 15) is 0 Å². The molecule has 0 spiro atoms. The lowest BCUT2D eigenvalue weighted by Crippen LogP contribution is -2.38. The summed E-state index contributed by atoms with van der Waals surface area (Å²) in [6, 6.07) is 0.446. The molecule has 1 fully saturated rings. The van der Waals surface area contributed by atoms with Crippen molar-refractivity contribution < 1.29 is 0 Å². The van der Waals surface area contributed by atoms with Gasteiger partial charge in [0.2, 0.25) is 0 Å².